The second-order valence-electron chi connectivity index (χ2n) is 6.73. The van der Waals surface area contributed by atoms with Crippen LogP contribution in [-0.4, -0.2) is 50.0 Å². The number of esters is 1. The Kier molecular flexibility index (Phi) is 6.66. The Balaban J connectivity index is 1.45. The van der Waals surface area contributed by atoms with Crippen molar-refractivity contribution in [3.63, 3.8) is 0 Å². The standard InChI is InChI=1S/C22H20N2O7/c1-24(2)22(28)15-3-7-16(8-4-15)23-19(25)12-30-21(27)13-29-17-9-5-14-6-10-20(26)31-18(14)11-17/h3-11H,12-13H2,1-2H3,(H,23,25). The Hall–Kier alpha value is -4.14. The normalized spacial score (nSPS) is 10.4. The lowest BCUT2D eigenvalue weighted by atomic mass is 10.2. The fraction of sp³-hybridized carbons (Fsp3) is 0.182. The minimum absolute atomic E-state index is 0.152. The Labute approximate surface area is 177 Å². The monoisotopic (exact) mass is 424 g/mol. The number of rotatable bonds is 7. The molecule has 160 valence electrons. The number of anilines is 1. The van der Waals surface area contributed by atoms with Gasteiger partial charge in [0.15, 0.2) is 13.2 Å². The third kappa shape index (κ3) is 5.92. The van der Waals surface area contributed by atoms with Crippen LogP contribution in [0.25, 0.3) is 11.0 Å². The number of benzene rings is 2. The van der Waals surface area contributed by atoms with E-state index in [2.05, 4.69) is 5.32 Å². The van der Waals surface area contributed by atoms with Gasteiger partial charge in [-0.3, -0.25) is 9.59 Å². The van der Waals surface area contributed by atoms with Crippen molar-refractivity contribution in [1.29, 1.82) is 0 Å². The van der Waals surface area contributed by atoms with E-state index in [1.165, 1.54) is 17.0 Å². The van der Waals surface area contributed by atoms with Gasteiger partial charge in [0.2, 0.25) is 0 Å². The van der Waals surface area contributed by atoms with Gasteiger partial charge in [0.05, 0.1) is 0 Å². The number of hydrogen-bond donors (Lipinski definition) is 1. The zero-order valence-corrected chi connectivity index (χ0v) is 16.9. The van der Waals surface area contributed by atoms with Crippen LogP contribution >= 0.6 is 0 Å². The van der Waals surface area contributed by atoms with Crippen molar-refractivity contribution in [2.45, 2.75) is 0 Å². The van der Waals surface area contributed by atoms with Crippen LogP contribution in [0, 0.1) is 0 Å². The average molecular weight is 424 g/mol. The predicted octanol–water partition coefficient (Wildman–Crippen LogP) is 2.06. The van der Waals surface area contributed by atoms with Crippen LogP contribution < -0.4 is 15.7 Å². The fourth-order valence-electron chi connectivity index (χ4n) is 2.61. The molecule has 1 N–H and O–H groups in total. The van der Waals surface area contributed by atoms with Gasteiger partial charge >= 0.3 is 11.6 Å². The fourth-order valence-corrected chi connectivity index (χ4v) is 2.61. The van der Waals surface area contributed by atoms with Crippen LogP contribution in [0.4, 0.5) is 5.69 Å². The minimum atomic E-state index is -0.739. The van der Waals surface area contributed by atoms with Gasteiger partial charge in [-0.05, 0) is 42.5 Å². The Morgan fingerprint density at radius 3 is 2.39 bits per heavy atom. The number of nitrogens with zero attached hydrogens (tertiary/aromatic N) is 1. The van der Waals surface area contributed by atoms with Crippen molar-refractivity contribution in [2.24, 2.45) is 0 Å². The van der Waals surface area contributed by atoms with Crippen molar-refractivity contribution in [1.82, 2.24) is 4.90 Å². The maximum Gasteiger partial charge on any atom is 0.344 e. The summed E-state index contributed by atoms with van der Waals surface area (Å²) in [5.74, 6) is -1.11. The molecule has 0 spiro atoms. The van der Waals surface area contributed by atoms with Gasteiger partial charge in [0.25, 0.3) is 11.8 Å². The molecule has 0 unspecified atom stereocenters. The van der Waals surface area contributed by atoms with Crippen molar-refractivity contribution in [2.75, 3.05) is 32.6 Å². The first-order valence-electron chi connectivity index (χ1n) is 9.26. The first-order chi connectivity index (χ1) is 14.8. The Morgan fingerprint density at radius 2 is 1.68 bits per heavy atom. The topological polar surface area (TPSA) is 115 Å². The van der Waals surface area contributed by atoms with Crippen LogP contribution in [0.3, 0.4) is 0 Å². The highest BCUT2D eigenvalue weighted by Crippen LogP contribution is 2.19. The summed E-state index contributed by atoms with van der Waals surface area (Å²) in [5, 5.41) is 3.28. The van der Waals surface area contributed by atoms with Gasteiger partial charge < -0.3 is 24.1 Å². The first kappa shape index (κ1) is 21.6. The van der Waals surface area contributed by atoms with E-state index in [0.717, 1.165) is 0 Å². The highest BCUT2D eigenvalue weighted by Gasteiger charge is 2.11. The van der Waals surface area contributed by atoms with E-state index in [1.807, 2.05) is 0 Å². The van der Waals surface area contributed by atoms with E-state index in [9.17, 15) is 19.2 Å². The summed E-state index contributed by atoms with van der Waals surface area (Å²) in [6.07, 6.45) is 0. The zero-order valence-electron chi connectivity index (χ0n) is 16.9. The molecule has 0 aliphatic carbocycles. The van der Waals surface area contributed by atoms with E-state index < -0.39 is 30.7 Å². The van der Waals surface area contributed by atoms with Gasteiger partial charge in [-0.15, -0.1) is 0 Å². The third-order valence-electron chi connectivity index (χ3n) is 4.14. The molecule has 0 bridgehead atoms. The number of amides is 2. The number of fused-ring (bicyclic) bond motifs is 1. The molecule has 0 saturated heterocycles. The van der Waals surface area contributed by atoms with Crippen molar-refractivity contribution < 1.29 is 28.3 Å². The molecule has 3 aromatic rings. The predicted molar refractivity (Wildman–Crippen MR) is 112 cm³/mol. The lowest BCUT2D eigenvalue weighted by Crippen LogP contribution is -2.24. The van der Waals surface area contributed by atoms with Gasteiger partial charge in [-0.1, -0.05) is 0 Å². The Morgan fingerprint density at radius 1 is 0.968 bits per heavy atom. The van der Waals surface area contributed by atoms with Crippen LogP contribution in [-0.2, 0) is 14.3 Å². The van der Waals surface area contributed by atoms with E-state index in [1.54, 1.807) is 56.6 Å². The van der Waals surface area contributed by atoms with Gasteiger partial charge in [-0.25, -0.2) is 9.59 Å². The quantitative estimate of drug-likeness (QED) is 0.456. The van der Waals surface area contributed by atoms with E-state index in [0.29, 0.717) is 28.0 Å². The average Bonchev–Trinajstić information content (AvgIpc) is 2.75. The molecule has 0 aliphatic rings. The highest BCUT2D eigenvalue weighted by atomic mass is 16.6. The second-order valence-corrected chi connectivity index (χ2v) is 6.73. The van der Waals surface area contributed by atoms with Crippen LogP contribution in [0.2, 0.25) is 0 Å². The summed E-state index contributed by atoms with van der Waals surface area (Å²) in [5.41, 5.74) is 0.787. The molecule has 31 heavy (non-hydrogen) atoms. The number of carbonyl (C=O) groups is 3. The summed E-state index contributed by atoms with van der Waals surface area (Å²) in [7, 11) is 3.29. The summed E-state index contributed by atoms with van der Waals surface area (Å²) in [4.78, 5) is 48.4. The van der Waals surface area contributed by atoms with Crippen LogP contribution in [0.15, 0.2) is 63.8 Å². The lowest BCUT2D eigenvalue weighted by molar-refractivity contribution is -0.149. The molecule has 0 fully saturated rings. The smallest absolute Gasteiger partial charge is 0.344 e. The second kappa shape index (κ2) is 9.57. The first-order valence-corrected chi connectivity index (χ1v) is 9.26. The maximum atomic E-state index is 12.0. The molecule has 0 aliphatic heterocycles. The van der Waals surface area contributed by atoms with Crippen molar-refractivity contribution in [3.05, 3.63) is 70.6 Å². The molecular weight excluding hydrogens is 404 g/mol. The SMILES string of the molecule is CN(C)C(=O)c1ccc(NC(=O)COC(=O)COc2ccc3ccc(=O)oc3c2)cc1. The Bertz CT molecular complexity index is 1170. The molecule has 0 saturated carbocycles. The largest absolute Gasteiger partial charge is 0.482 e. The van der Waals surface area contributed by atoms with Crippen molar-refractivity contribution >= 4 is 34.4 Å². The molecule has 0 atom stereocenters. The van der Waals surface area contributed by atoms with Crippen molar-refractivity contribution in [3.8, 4) is 5.75 Å². The van der Waals surface area contributed by atoms with E-state index in [-0.39, 0.29) is 5.91 Å². The third-order valence-corrected chi connectivity index (χ3v) is 4.14. The van der Waals surface area contributed by atoms with Gasteiger partial charge in [0.1, 0.15) is 11.3 Å². The lowest BCUT2D eigenvalue weighted by Gasteiger charge is -2.11. The molecule has 0 radical (unpaired) electrons. The molecule has 2 aromatic carbocycles. The maximum absolute atomic E-state index is 12.0. The zero-order chi connectivity index (χ0) is 22.4. The van der Waals surface area contributed by atoms with E-state index >= 15 is 0 Å². The number of nitrogens with one attached hydrogen (secondary N) is 1. The summed E-state index contributed by atoms with van der Waals surface area (Å²) in [6.45, 7) is -0.912. The molecule has 3 rings (SSSR count). The van der Waals surface area contributed by atoms with Gasteiger partial charge in [-0.2, -0.15) is 0 Å². The summed E-state index contributed by atoms with van der Waals surface area (Å²) < 4.78 is 15.3. The van der Waals surface area contributed by atoms with E-state index in [4.69, 9.17) is 13.9 Å². The van der Waals surface area contributed by atoms with Gasteiger partial charge in [0, 0.05) is 42.9 Å². The molecule has 9 nitrogen and oxygen atoms in total. The van der Waals surface area contributed by atoms with Crippen LogP contribution in [0.1, 0.15) is 10.4 Å². The minimum Gasteiger partial charge on any atom is -0.482 e. The number of hydrogen-bond acceptors (Lipinski definition) is 7. The number of carbonyl (C=O) groups excluding carboxylic acids is 3. The highest BCUT2D eigenvalue weighted by molar-refractivity contribution is 5.96. The molecule has 1 aromatic heterocycles. The summed E-state index contributed by atoms with van der Waals surface area (Å²) in [6, 6.07) is 14.1. The number of ether oxygens (including phenoxy) is 2. The summed E-state index contributed by atoms with van der Waals surface area (Å²) >= 11 is 0. The molecule has 9 heteroatoms. The molecule has 1 heterocycles. The molecular formula is C22H20N2O7. The van der Waals surface area contributed by atoms with Crippen LogP contribution in [0.5, 0.6) is 5.75 Å². The molecule has 2 amide bonds.